The number of carbonyl (C=O) groups is 3. The number of hydrogen-bond donors (Lipinski definition) is 1. The Bertz CT molecular complexity index is 575. The first-order chi connectivity index (χ1) is 10.6. The first-order valence-corrected chi connectivity index (χ1v) is 7.08. The molecule has 0 spiro atoms. The summed E-state index contributed by atoms with van der Waals surface area (Å²) in [6, 6.07) is 5.31. The summed E-state index contributed by atoms with van der Waals surface area (Å²) in [6.07, 6.45) is -0.914. The van der Waals surface area contributed by atoms with E-state index < -0.39 is 17.8 Å². The van der Waals surface area contributed by atoms with Crippen LogP contribution in [0.15, 0.2) is 24.3 Å². The van der Waals surface area contributed by atoms with Gasteiger partial charge in [-0.05, 0) is 39.8 Å². The molecule has 0 bridgehead atoms. The van der Waals surface area contributed by atoms with Gasteiger partial charge < -0.3 is 9.57 Å². The van der Waals surface area contributed by atoms with Crippen LogP contribution in [0, 0.1) is 0 Å². The quantitative estimate of drug-likeness (QED) is 0.507. The van der Waals surface area contributed by atoms with Crippen molar-refractivity contribution in [3.63, 3.8) is 0 Å². The lowest BCUT2D eigenvalue weighted by molar-refractivity contribution is -0.0364. The minimum atomic E-state index is -0.914. The fourth-order valence-electron chi connectivity index (χ4n) is 1.62. The van der Waals surface area contributed by atoms with Crippen LogP contribution < -0.4 is 10.8 Å². The molecule has 1 N–H and O–H groups in total. The Balaban J connectivity index is 2.60. The number of nitrogens with one attached hydrogen (secondary N) is 1. The van der Waals surface area contributed by atoms with Crippen LogP contribution in [-0.4, -0.2) is 36.5 Å². The molecule has 23 heavy (non-hydrogen) atoms. The van der Waals surface area contributed by atoms with Crippen LogP contribution in [-0.2, 0) is 9.57 Å². The molecule has 1 rings (SSSR count). The number of amides is 1. The standard InChI is InChI=1S/C16H21N2O5/c1-10(18-23-15(21)22-16(2,3)4)13(19)11-6-8-12(9-7-11)14(20)17-5/h6-10,18H,1-5H3/t10-/m0/s1. The van der Waals surface area contributed by atoms with E-state index in [1.54, 1.807) is 27.7 Å². The summed E-state index contributed by atoms with van der Waals surface area (Å²) >= 11 is 0. The van der Waals surface area contributed by atoms with E-state index in [4.69, 9.17) is 9.57 Å². The maximum Gasteiger partial charge on any atom is 0.528 e. The second-order valence-electron chi connectivity index (χ2n) is 5.88. The Morgan fingerprint density at radius 1 is 1.09 bits per heavy atom. The van der Waals surface area contributed by atoms with E-state index in [2.05, 4.69) is 10.8 Å². The van der Waals surface area contributed by atoms with Gasteiger partial charge in [0.1, 0.15) is 11.6 Å². The van der Waals surface area contributed by atoms with Crippen molar-refractivity contribution in [2.75, 3.05) is 7.05 Å². The highest BCUT2D eigenvalue weighted by Gasteiger charge is 2.21. The Morgan fingerprint density at radius 2 is 1.61 bits per heavy atom. The topological polar surface area (TPSA) is 95.8 Å². The Hall–Kier alpha value is -2.41. The van der Waals surface area contributed by atoms with Gasteiger partial charge in [0.2, 0.25) is 0 Å². The van der Waals surface area contributed by atoms with Gasteiger partial charge in [-0.2, -0.15) is 0 Å². The first-order valence-electron chi connectivity index (χ1n) is 7.08. The van der Waals surface area contributed by atoms with Crippen molar-refractivity contribution in [2.45, 2.75) is 39.3 Å². The fourth-order valence-corrected chi connectivity index (χ4v) is 1.62. The van der Waals surface area contributed by atoms with Crippen molar-refractivity contribution >= 4 is 17.8 Å². The number of Topliss-reactive ketones (excluding diaryl/α,β-unsaturated/α-hetero) is 1. The number of hydroxylamine groups is 1. The Morgan fingerprint density at radius 3 is 2.09 bits per heavy atom. The van der Waals surface area contributed by atoms with Gasteiger partial charge in [0.15, 0.2) is 5.78 Å². The number of benzene rings is 1. The minimum absolute atomic E-state index is 0.291. The molecule has 0 saturated carbocycles. The van der Waals surface area contributed by atoms with E-state index in [1.165, 1.54) is 31.3 Å². The van der Waals surface area contributed by atoms with Gasteiger partial charge in [0.25, 0.3) is 5.91 Å². The molecule has 0 fully saturated rings. The smallest absolute Gasteiger partial charge is 0.427 e. The van der Waals surface area contributed by atoms with Crippen LogP contribution >= 0.6 is 0 Å². The summed E-state index contributed by atoms with van der Waals surface area (Å²) in [5, 5.41) is 3.54. The second kappa shape index (κ2) is 7.73. The number of rotatable bonds is 5. The van der Waals surface area contributed by atoms with Crippen molar-refractivity contribution in [2.24, 2.45) is 0 Å². The molecule has 1 aromatic rings. The molecule has 0 unspecified atom stereocenters. The highest BCUT2D eigenvalue weighted by Crippen LogP contribution is 2.09. The van der Waals surface area contributed by atoms with E-state index in [9.17, 15) is 14.4 Å². The zero-order chi connectivity index (χ0) is 17.6. The fraction of sp³-hybridized carbons (Fsp3) is 0.438. The molecule has 0 saturated heterocycles. The lowest BCUT2D eigenvalue weighted by Crippen LogP contribution is -2.37. The maximum atomic E-state index is 12.2. The van der Waals surface area contributed by atoms with Crippen LogP contribution in [0.1, 0.15) is 48.4 Å². The van der Waals surface area contributed by atoms with Gasteiger partial charge in [-0.25, -0.2) is 4.79 Å². The van der Waals surface area contributed by atoms with E-state index in [-0.39, 0.29) is 11.7 Å². The molecule has 0 aromatic heterocycles. The van der Waals surface area contributed by atoms with Gasteiger partial charge in [-0.3, -0.25) is 14.9 Å². The van der Waals surface area contributed by atoms with Crippen molar-refractivity contribution < 1.29 is 24.0 Å². The Labute approximate surface area is 135 Å². The Kier molecular flexibility index (Phi) is 6.27. The molecule has 0 aliphatic rings. The summed E-state index contributed by atoms with van der Waals surface area (Å²) in [5.74, 6) is -0.649. The number of carbonyl (C=O) groups excluding carboxylic acids is 3. The van der Waals surface area contributed by atoms with Gasteiger partial charge in [0.05, 0.1) is 0 Å². The lowest BCUT2D eigenvalue weighted by atomic mass is 10.0. The molecular weight excluding hydrogens is 300 g/mol. The summed E-state index contributed by atoms with van der Waals surface area (Å²) < 4.78 is 4.95. The van der Waals surface area contributed by atoms with E-state index in [0.29, 0.717) is 11.1 Å². The van der Waals surface area contributed by atoms with E-state index in [1.807, 2.05) is 0 Å². The number of nitrogens with zero attached hydrogens (tertiary/aromatic N) is 1. The third-order valence-corrected chi connectivity index (χ3v) is 2.72. The van der Waals surface area contributed by atoms with Crippen molar-refractivity contribution in [3.8, 4) is 0 Å². The molecule has 1 aromatic carbocycles. The number of hydrogen-bond acceptors (Lipinski definition) is 6. The average molecular weight is 321 g/mol. The molecular formula is C16H21N2O5. The maximum absolute atomic E-state index is 12.2. The second-order valence-corrected chi connectivity index (χ2v) is 5.88. The zero-order valence-electron chi connectivity index (χ0n) is 13.9. The van der Waals surface area contributed by atoms with Crippen molar-refractivity contribution in [1.82, 2.24) is 10.8 Å². The van der Waals surface area contributed by atoms with Crippen LogP contribution in [0.5, 0.6) is 0 Å². The van der Waals surface area contributed by atoms with Crippen molar-refractivity contribution in [3.05, 3.63) is 35.4 Å². The predicted molar refractivity (Wildman–Crippen MR) is 83.1 cm³/mol. The van der Waals surface area contributed by atoms with Gasteiger partial charge >= 0.3 is 6.16 Å². The highest BCUT2D eigenvalue weighted by atomic mass is 16.8. The summed E-state index contributed by atoms with van der Waals surface area (Å²) in [7, 11) is 1.40. The number of ketones is 1. The van der Waals surface area contributed by atoms with Gasteiger partial charge in [0, 0.05) is 18.2 Å². The number of ether oxygens (including phenoxy) is 1. The monoisotopic (exact) mass is 321 g/mol. The van der Waals surface area contributed by atoms with Crippen LogP contribution in [0.2, 0.25) is 0 Å². The minimum Gasteiger partial charge on any atom is -0.427 e. The third-order valence-electron chi connectivity index (χ3n) is 2.72. The molecule has 7 nitrogen and oxygen atoms in total. The van der Waals surface area contributed by atoms with Crippen LogP contribution in [0.25, 0.3) is 0 Å². The van der Waals surface area contributed by atoms with Crippen LogP contribution in [0.3, 0.4) is 0 Å². The normalized spacial score (nSPS) is 12.2. The largest absolute Gasteiger partial charge is 0.528 e. The molecule has 0 heterocycles. The first kappa shape index (κ1) is 18.6. The van der Waals surface area contributed by atoms with E-state index in [0.717, 1.165) is 0 Å². The molecule has 1 atom stereocenters. The summed E-state index contributed by atoms with van der Waals surface area (Å²) in [5.41, 5.74) is 2.44. The molecule has 0 aliphatic heterocycles. The lowest BCUT2D eigenvalue weighted by Gasteiger charge is -2.19. The molecule has 1 amide bonds. The molecule has 7 heteroatoms. The SMILES string of the molecule is C[N]C(=O)c1ccc(C(=O)[C@H](C)NOC(=O)OC(C)(C)C)cc1. The zero-order valence-corrected chi connectivity index (χ0v) is 13.9. The highest BCUT2D eigenvalue weighted by molar-refractivity contribution is 6.01. The van der Waals surface area contributed by atoms with Gasteiger partial charge in [-0.1, -0.05) is 12.1 Å². The van der Waals surface area contributed by atoms with Crippen molar-refractivity contribution in [1.29, 1.82) is 0 Å². The van der Waals surface area contributed by atoms with Gasteiger partial charge in [-0.15, -0.1) is 5.48 Å². The summed E-state index contributed by atoms with van der Waals surface area (Å²) in [6.45, 7) is 6.66. The molecule has 0 aliphatic carbocycles. The third kappa shape index (κ3) is 6.07. The predicted octanol–water partition coefficient (Wildman–Crippen LogP) is 2.09. The molecule has 125 valence electrons. The van der Waals surface area contributed by atoms with E-state index >= 15 is 0 Å². The average Bonchev–Trinajstić information content (AvgIpc) is 2.49. The molecule has 1 radical (unpaired) electrons. The summed E-state index contributed by atoms with van der Waals surface area (Å²) in [4.78, 5) is 39.7. The van der Waals surface area contributed by atoms with Crippen LogP contribution in [0.4, 0.5) is 4.79 Å².